The van der Waals surface area contributed by atoms with Crippen LogP contribution in [0.3, 0.4) is 0 Å². The average molecular weight is 377 g/mol. The van der Waals surface area contributed by atoms with E-state index in [-0.39, 0.29) is 11.7 Å². The Bertz CT molecular complexity index is 847. The molecule has 3 N–H and O–H groups in total. The van der Waals surface area contributed by atoms with Crippen molar-refractivity contribution in [1.29, 1.82) is 0 Å². The number of halogens is 1. The quantitative estimate of drug-likeness (QED) is 0.332. The van der Waals surface area contributed by atoms with Crippen LogP contribution >= 0.6 is 23.4 Å². The molecule has 0 fully saturated rings. The van der Waals surface area contributed by atoms with Crippen LogP contribution in [-0.2, 0) is 4.79 Å². The Labute approximate surface area is 152 Å². The second-order valence-corrected chi connectivity index (χ2v) is 6.07. The van der Waals surface area contributed by atoms with Gasteiger partial charge >= 0.3 is 0 Å². The number of carbonyl (C=O) groups is 1. The van der Waals surface area contributed by atoms with E-state index in [1.165, 1.54) is 18.0 Å². The lowest BCUT2D eigenvalue weighted by atomic mass is 10.3. The summed E-state index contributed by atoms with van der Waals surface area (Å²) < 4.78 is 5.11. The zero-order chi connectivity index (χ0) is 17.5. The van der Waals surface area contributed by atoms with Gasteiger partial charge in [0.1, 0.15) is 5.76 Å². The highest BCUT2D eigenvalue weighted by Crippen LogP contribution is 2.16. The minimum Gasteiger partial charge on any atom is -0.463 e. The van der Waals surface area contributed by atoms with E-state index in [9.17, 15) is 4.79 Å². The van der Waals surface area contributed by atoms with Gasteiger partial charge < -0.3 is 9.73 Å². The number of anilines is 2. The molecule has 3 aromatic rings. The monoisotopic (exact) mass is 376 g/mol. The molecule has 0 atom stereocenters. The van der Waals surface area contributed by atoms with Gasteiger partial charge in [-0.25, -0.2) is 10.5 Å². The third kappa shape index (κ3) is 5.37. The number of rotatable bonds is 7. The molecule has 0 spiro atoms. The number of hydrogen-bond acceptors (Lipinski definition) is 7. The van der Waals surface area contributed by atoms with Crippen molar-refractivity contribution in [1.82, 2.24) is 15.2 Å². The summed E-state index contributed by atoms with van der Waals surface area (Å²) in [5.74, 6) is 0.988. The highest BCUT2D eigenvalue weighted by molar-refractivity contribution is 7.99. The molecule has 0 unspecified atom stereocenters. The van der Waals surface area contributed by atoms with Gasteiger partial charge in [0.25, 0.3) is 0 Å². The number of nitrogens with zero attached hydrogens (tertiary/aromatic N) is 3. The van der Waals surface area contributed by atoms with Gasteiger partial charge in [-0.15, -0.1) is 5.10 Å². The van der Waals surface area contributed by atoms with Gasteiger partial charge in [-0.05, 0) is 36.4 Å². The summed E-state index contributed by atoms with van der Waals surface area (Å²) in [5.41, 5.74) is 3.37. The predicted octanol–water partition coefficient (Wildman–Crippen LogP) is 3.23. The molecule has 1 aromatic carbocycles. The van der Waals surface area contributed by atoms with Crippen LogP contribution in [0.5, 0.6) is 0 Å². The van der Waals surface area contributed by atoms with Gasteiger partial charge in [0, 0.05) is 10.7 Å². The van der Waals surface area contributed by atoms with Gasteiger partial charge in [0.15, 0.2) is 0 Å². The molecule has 2 heterocycles. The Morgan fingerprint density at radius 3 is 2.96 bits per heavy atom. The molecule has 0 saturated heterocycles. The van der Waals surface area contributed by atoms with Gasteiger partial charge in [-0.3, -0.25) is 4.79 Å². The summed E-state index contributed by atoms with van der Waals surface area (Å²) in [5, 5.41) is 14.4. The summed E-state index contributed by atoms with van der Waals surface area (Å²) in [7, 11) is 0. The molecule has 0 bridgehead atoms. The minimum atomic E-state index is -0.164. The largest absolute Gasteiger partial charge is 0.463 e. The number of carbonyl (C=O) groups excluding carboxylic acids is 1. The lowest BCUT2D eigenvalue weighted by molar-refractivity contribution is -0.113. The Hall–Kier alpha value is -2.78. The molecular formula is C15H13ClN6O2S. The number of amides is 1. The van der Waals surface area contributed by atoms with Crippen molar-refractivity contribution >= 4 is 47.1 Å². The maximum absolute atomic E-state index is 11.9. The lowest BCUT2D eigenvalue weighted by Crippen LogP contribution is -2.13. The maximum Gasteiger partial charge on any atom is 0.240 e. The molecule has 10 heteroatoms. The van der Waals surface area contributed by atoms with Crippen molar-refractivity contribution in [3.8, 4) is 0 Å². The summed E-state index contributed by atoms with van der Waals surface area (Å²) in [6.07, 6.45) is 3.06. The van der Waals surface area contributed by atoms with Crippen LogP contribution in [0.15, 0.2) is 57.3 Å². The first-order valence-electron chi connectivity index (χ1n) is 7.12. The number of hydrazone groups is 1. The van der Waals surface area contributed by atoms with E-state index in [4.69, 9.17) is 16.0 Å². The Morgan fingerprint density at radius 1 is 1.36 bits per heavy atom. The fourth-order valence-electron chi connectivity index (χ4n) is 1.74. The summed E-state index contributed by atoms with van der Waals surface area (Å²) >= 11 is 7.00. The van der Waals surface area contributed by atoms with Crippen molar-refractivity contribution in [2.45, 2.75) is 5.16 Å². The molecule has 0 aliphatic heterocycles. The predicted molar refractivity (Wildman–Crippen MR) is 97.1 cm³/mol. The van der Waals surface area contributed by atoms with Gasteiger partial charge in [-0.2, -0.15) is 10.1 Å². The minimum absolute atomic E-state index is 0.164. The van der Waals surface area contributed by atoms with Crippen LogP contribution in [0.25, 0.3) is 0 Å². The van der Waals surface area contributed by atoms with E-state index in [1.54, 1.807) is 42.7 Å². The first-order valence-corrected chi connectivity index (χ1v) is 8.48. The van der Waals surface area contributed by atoms with Crippen LogP contribution < -0.4 is 10.7 Å². The molecule has 25 heavy (non-hydrogen) atoms. The Morgan fingerprint density at radius 2 is 2.20 bits per heavy atom. The molecule has 0 aliphatic carbocycles. The molecule has 0 radical (unpaired) electrons. The number of furan rings is 1. The molecular weight excluding hydrogens is 364 g/mol. The smallest absolute Gasteiger partial charge is 0.240 e. The fraction of sp³-hybridized carbons (Fsp3) is 0.0667. The van der Waals surface area contributed by atoms with Crippen LogP contribution in [-0.4, -0.2) is 33.1 Å². The Kier molecular flexibility index (Phi) is 5.70. The normalized spacial score (nSPS) is 10.9. The van der Waals surface area contributed by atoms with Crippen LogP contribution in [0.4, 0.5) is 11.6 Å². The van der Waals surface area contributed by atoms with Crippen molar-refractivity contribution in [3.05, 3.63) is 53.4 Å². The second kappa shape index (κ2) is 8.36. The zero-order valence-corrected chi connectivity index (χ0v) is 14.3. The van der Waals surface area contributed by atoms with Crippen LogP contribution in [0.2, 0.25) is 5.02 Å². The molecule has 0 aliphatic rings. The number of nitrogens with one attached hydrogen (secondary N) is 3. The number of aromatic nitrogens is 3. The van der Waals surface area contributed by atoms with Crippen LogP contribution in [0.1, 0.15) is 5.76 Å². The first kappa shape index (κ1) is 17.1. The highest BCUT2D eigenvalue weighted by atomic mass is 35.5. The van der Waals surface area contributed by atoms with Crippen molar-refractivity contribution in [2.75, 3.05) is 16.5 Å². The van der Waals surface area contributed by atoms with Crippen molar-refractivity contribution < 1.29 is 9.21 Å². The lowest BCUT2D eigenvalue weighted by Gasteiger charge is -2.03. The number of thioether (sulfide) groups is 1. The van der Waals surface area contributed by atoms with Gasteiger partial charge in [-0.1, -0.05) is 23.4 Å². The van der Waals surface area contributed by atoms with Crippen molar-refractivity contribution in [3.63, 3.8) is 0 Å². The van der Waals surface area contributed by atoms with E-state index in [1.807, 2.05) is 0 Å². The second-order valence-electron chi connectivity index (χ2n) is 4.70. The van der Waals surface area contributed by atoms with Gasteiger partial charge in [0.05, 0.1) is 18.2 Å². The standard InChI is InChI=1S/C15H13ClN6O2S/c16-10-3-5-11(6-4-10)18-13(23)9-25-15-19-14(21-22-15)20-17-8-12-2-1-7-24-12/h1-8H,9H2,(H,18,23)(H2,19,20,21,22)/b17-8-. The summed E-state index contributed by atoms with van der Waals surface area (Å²) in [6, 6.07) is 10.4. The molecule has 3 rings (SSSR count). The topological polar surface area (TPSA) is 108 Å². The third-order valence-electron chi connectivity index (χ3n) is 2.83. The molecule has 0 saturated carbocycles. The highest BCUT2D eigenvalue weighted by Gasteiger charge is 2.08. The zero-order valence-electron chi connectivity index (χ0n) is 12.8. The molecule has 128 valence electrons. The average Bonchev–Trinajstić information content (AvgIpc) is 3.27. The third-order valence-corrected chi connectivity index (χ3v) is 3.93. The van der Waals surface area contributed by atoms with E-state index >= 15 is 0 Å². The maximum atomic E-state index is 11.9. The van der Waals surface area contributed by atoms with E-state index in [0.717, 1.165) is 0 Å². The van der Waals surface area contributed by atoms with E-state index < -0.39 is 0 Å². The van der Waals surface area contributed by atoms with Crippen molar-refractivity contribution in [2.24, 2.45) is 5.10 Å². The number of benzene rings is 1. The summed E-state index contributed by atoms with van der Waals surface area (Å²) in [4.78, 5) is 16.1. The van der Waals surface area contributed by atoms with E-state index in [2.05, 4.69) is 31.0 Å². The number of aromatic amines is 1. The van der Waals surface area contributed by atoms with Gasteiger partial charge in [0.2, 0.25) is 17.0 Å². The van der Waals surface area contributed by atoms with Crippen LogP contribution in [0, 0.1) is 0 Å². The number of H-pyrrole nitrogens is 1. The molecule has 2 aromatic heterocycles. The van der Waals surface area contributed by atoms with E-state index in [0.29, 0.717) is 27.6 Å². The summed E-state index contributed by atoms with van der Waals surface area (Å²) in [6.45, 7) is 0. The number of hydrogen-bond donors (Lipinski definition) is 3. The first-order chi connectivity index (χ1) is 12.2. The molecule has 8 nitrogen and oxygen atoms in total. The Balaban J connectivity index is 1.44. The SMILES string of the molecule is O=C(CSc1n[nH]c(N/N=C\c2ccco2)n1)Nc1ccc(Cl)cc1. The molecule has 1 amide bonds. The fourth-order valence-corrected chi connectivity index (χ4v) is 2.47.